The van der Waals surface area contributed by atoms with Crippen LogP contribution in [0.5, 0.6) is 0 Å². The highest BCUT2D eigenvalue weighted by atomic mass is 16.3. The van der Waals surface area contributed by atoms with Gasteiger partial charge in [-0.1, -0.05) is 6.42 Å². The van der Waals surface area contributed by atoms with Crippen molar-refractivity contribution in [2.75, 3.05) is 25.5 Å². The largest absolute Gasteiger partial charge is 0.465 e. The third-order valence-electron chi connectivity index (χ3n) is 4.95. The minimum absolute atomic E-state index is 0.0656. The predicted octanol–water partition coefficient (Wildman–Crippen LogP) is 3.20. The van der Waals surface area contributed by atoms with Gasteiger partial charge in [-0.25, -0.2) is 4.98 Å². The molecule has 2 aromatic rings. The van der Waals surface area contributed by atoms with E-state index >= 15 is 0 Å². The fourth-order valence-electron chi connectivity index (χ4n) is 3.35. The number of pyridine rings is 1. The van der Waals surface area contributed by atoms with E-state index in [-0.39, 0.29) is 5.91 Å². The first-order valence-corrected chi connectivity index (χ1v) is 9.35. The maximum atomic E-state index is 12.3. The van der Waals surface area contributed by atoms with E-state index in [4.69, 9.17) is 4.42 Å². The highest BCUT2D eigenvalue weighted by Crippen LogP contribution is 2.17. The monoisotopic (exact) mass is 356 g/mol. The summed E-state index contributed by atoms with van der Waals surface area (Å²) in [4.78, 5) is 19.0. The Morgan fingerprint density at radius 2 is 2.19 bits per heavy atom. The highest BCUT2D eigenvalue weighted by molar-refractivity contribution is 5.94. The van der Waals surface area contributed by atoms with E-state index in [1.54, 1.807) is 12.3 Å². The summed E-state index contributed by atoms with van der Waals surface area (Å²) in [5.41, 5.74) is 0.585. The number of aromatic nitrogens is 1. The van der Waals surface area contributed by atoms with Crippen molar-refractivity contribution in [2.45, 2.75) is 45.2 Å². The highest BCUT2D eigenvalue weighted by Gasteiger charge is 2.18. The molecule has 6 heteroatoms. The summed E-state index contributed by atoms with van der Waals surface area (Å²) in [6, 6.07) is 8.07. The quantitative estimate of drug-likeness (QED) is 0.797. The van der Waals surface area contributed by atoms with Crippen LogP contribution < -0.4 is 10.6 Å². The number of carbonyl (C=O) groups is 1. The normalized spacial score (nSPS) is 17.8. The van der Waals surface area contributed by atoms with Crippen molar-refractivity contribution in [1.82, 2.24) is 15.2 Å². The third-order valence-corrected chi connectivity index (χ3v) is 4.95. The molecule has 1 aliphatic rings. The number of piperidine rings is 1. The van der Waals surface area contributed by atoms with Gasteiger partial charge in [0.25, 0.3) is 5.91 Å². The topological polar surface area (TPSA) is 70.4 Å². The molecule has 2 aromatic heterocycles. The number of hydrogen-bond donors (Lipinski definition) is 2. The number of hydrogen-bond acceptors (Lipinski definition) is 5. The number of carbonyl (C=O) groups excluding carboxylic acids is 1. The van der Waals surface area contributed by atoms with Gasteiger partial charge in [0, 0.05) is 18.8 Å². The molecule has 0 unspecified atom stereocenters. The van der Waals surface area contributed by atoms with Gasteiger partial charge >= 0.3 is 0 Å². The van der Waals surface area contributed by atoms with Gasteiger partial charge in [-0.15, -0.1) is 0 Å². The zero-order valence-electron chi connectivity index (χ0n) is 15.6. The van der Waals surface area contributed by atoms with Crippen LogP contribution >= 0.6 is 0 Å². The van der Waals surface area contributed by atoms with E-state index < -0.39 is 0 Å². The van der Waals surface area contributed by atoms with E-state index in [1.807, 2.05) is 25.1 Å². The number of nitrogens with one attached hydrogen (secondary N) is 2. The molecule has 0 aromatic carbocycles. The van der Waals surface area contributed by atoms with E-state index in [9.17, 15) is 4.79 Å². The Balaban J connectivity index is 1.43. The maximum Gasteiger partial charge on any atom is 0.252 e. The van der Waals surface area contributed by atoms with Crippen molar-refractivity contribution in [2.24, 2.45) is 0 Å². The van der Waals surface area contributed by atoms with Gasteiger partial charge in [0.05, 0.1) is 12.1 Å². The Bertz CT molecular complexity index is 711. The molecule has 1 amide bonds. The van der Waals surface area contributed by atoms with Gasteiger partial charge in [0.15, 0.2) is 0 Å². The third kappa shape index (κ3) is 5.08. The first-order valence-electron chi connectivity index (χ1n) is 9.35. The molecule has 1 atom stereocenters. The Morgan fingerprint density at radius 1 is 1.31 bits per heavy atom. The molecule has 1 fully saturated rings. The van der Waals surface area contributed by atoms with Gasteiger partial charge in [-0.05, 0) is 64.0 Å². The average Bonchev–Trinajstić information content (AvgIpc) is 3.07. The lowest BCUT2D eigenvalue weighted by Gasteiger charge is -2.32. The predicted molar refractivity (Wildman–Crippen MR) is 102 cm³/mol. The number of furan rings is 1. The fourth-order valence-corrected chi connectivity index (χ4v) is 3.35. The first-order chi connectivity index (χ1) is 12.6. The second-order valence-electron chi connectivity index (χ2n) is 6.97. The fraction of sp³-hybridized carbons (Fsp3) is 0.500. The number of likely N-dealkylation sites (tertiary alicyclic amines) is 1. The molecule has 0 saturated carbocycles. The lowest BCUT2D eigenvalue weighted by molar-refractivity contribution is 0.0945. The number of aryl methyl sites for hydroxylation is 1. The Hall–Kier alpha value is -2.34. The molecule has 0 aliphatic carbocycles. The van der Waals surface area contributed by atoms with E-state index in [2.05, 4.69) is 27.6 Å². The van der Waals surface area contributed by atoms with Crippen molar-refractivity contribution in [3.8, 4) is 0 Å². The molecule has 0 radical (unpaired) electrons. The molecule has 140 valence electrons. The van der Waals surface area contributed by atoms with Crippen molar-refractivity contribution in [3.63, 3.8) is 0 Å². The van der Waals surface area contributed by atoms with Gasteiger partial charge < -0.3 is 20.0 Å². The number of anilines is 1. The number of nitrogens with zero attached hydrogens (tertiary/aromatic N) is 2. The van der Waals surface area contributed by atoms with Gasteiger partial charge in [-0.3, -0.25) is 4.79 Å². The smallest absolute Gasteiger partial charge is 0.252 e. The summed E-state index contributed by atoms with van der Waals surface area (Å²) in [7, 11) is 2.17. The van der Waals surface area contributed by atoms with Gasteiger partial charge in [0.1, 0.15) is 17.3 Å². The van der Waals surface area contributed by atoms with E-state index in [1.165, 1.54) is 19.3 Å². The second-order valence-corrected chi connectivity index (χ2v) is 6.97. The van der Waals surface area contributed by atoms with Crippen LogP contribution in [0.15, 0.2) is 34.9 Å². The summed E-state index contributed by atoms with van der Waals surface area (Å²) in [6.07, 6.45) is 6.41. The SMILES string of the molecule is Cc1ccc(CNc2ccc(C(=O)NCC[C@H]3CCCCN3C)cn2)o1. The molecule has 1 saturated heterocycles. The minimum Gasteiger partial charge on any atom is -0.465 e. The molecule has 3 rings (SSSR count). The average molecular weight is 356 g/mol. The van der Waals surface area contributed by atoms with E-state index in [0.717, 1.165) is 30.3 Å². The molecule has 3 heterocycles. The zero-order chi connectivity index (χ0) is 18.4. The first kappa shape index (κ1) is 18.5. The molecular formula is C20H28N4O2. The molecule has 1 aliphatic heterocycles. The van der Waals surface area contributed by atoms with Crippen LogP contribution in [0.2, 0.25) is 0 Å². The molecule has 26 heavy (non-hydrogen) atoms. The lowest BCUT2D eigenvalue weighted by Crippen LogP contribution is -2.39. The van der Waals surface area contributed by atoms with E-state index in [0.29, 0.717) is 24.7 Å². The van der Waals surface area contributed by atoms with Crippen LogP contribution in [0.4, 0.5) is 5.82 Å². The summed E-state index contributed by atoms with van der Waals surface area (Å²) in [6.45, 7) is 4.35. The summed E-state index contributed by atoms with van der Waals surface area (Å²) < 4.78 is 5.51. The Morgan fingerprint density at radius 3 is 2.88 bits per heavy atom. The number of amides is 1. The van der Waals surface area contributed by atoms with Crippen LogP contribution in [-0.4, -0.2) is 42.0 Å². The van der Waals surface area contributed by atoms with Crippen molar-refractivity contribution in [3.05, 3.63) is 47.5 Å². The minimum atomic E-state index is -0.0656. The molecular weight excluding hydrogens is 328 g/mol. The lowest BCUT2D eigenvalue weighted by atomic mass is 10.0. The van der Waals surface area contributed by atoms with Crippen LogP contribution in [0.3, 0.4) is 0 Å². The summed E-state index contributed by atoms with van der Waals surface area (Å²) >= 11 is 0. The standard InChI is InChI=1S/C20H28N4O2/c1-15-6-8-18(26-15)14-23-19-9-7-16(13-22-19)20(25)21-11-10-17-5-3-4-12-24(17)2/h6-9,13,17H,3-5,10-12,14H2,1-2H3,(H,21,25)(H,22,23)/t17-/m1/s1. The Labute approximate surface area is 155 Å². The van der Waals surface area contributed by atoms with Crippen LogP contribution in [-0.2, 0) is 6.54 Å². The maximum absolute atomic E-state index is 12.3. The molecule has 0 spiro atoms. The van der Waals surface area contributed by atoms with Crippen LogP contribution in [0, 0.1) is 6.92 Å². The second kappa shape index (κ2) is 8.85. The van der Waals surface area contributed by atoms with Crippen molar-refractivity contribution in [1.29, 1.82) is 0 Å². The molecule has 6 nitrogen and oxygen atoms in total. The molecule has 0 bridgehead atoms. The van der Waals surface area contributed by atoms with Crippen LogP contribution in [0.1, 0.15) is 47.6 Å². The summed E-state index contributed by atoms with van der Waals surface area (Å²) in [5.74, 6) is 2.41. The van der Waals surface area contributed by atoms with Crippen LogP contribution in [0.25, 0.3) is 0 Å². The zero-order valence-corrected chi connectivity index (χ0v) is 15.6. The number of rotatable bonds is 7. The summed E-state index contributed by atoms with van der Waals surface area (Å²) in [5, 5.41) is 6.20. The Kier molecular flexibility index (Phi) is 6.28. The van der Waals surface area contributed by atoms with Gasteiger partial charge in [0.2, 0.25) is 0 Å². The van der Waals surface area contributed by atoms with Crippen molar-refractivity contribution < 1.29 is 9.21 Å². The van der Waals surface area contributed by atoms with Gasteiger partial charge in [-0.2, -0.15) is 0 Å². The van der Waals surface area contributed by atoms with Crippen molar-refractivity contribution >= 4 is 11.7 Å². The molecule has 2 N–H and O–H groups in total.